The lowest BCUT2D eigenvalue weighted by atomic mass is 10.2. The highest BCUT2D eigenvalue weighted by Gasteiger charge is 2.12. The third-order valence-corrected chi connectivity index (χ3v) is 4.95. The number of nitrogens with one attached hydrogen (secondary N) is 1. The van der Waals surface area contributed by atoms with E-state index in [1.807, 2.05) is 62.4 Å². The molecule has 0 aliphatic rings. The fraction of sp³-hybridized carbons (Fsp3) is 0.136. The number of aryl methyl sites for hydroxylation is 2. The molecule has 7 heteroatoms. The second-order valence-corrected chi connectivity index (χ2v) is 7.12. The minimum atomic E-state index is -0.243. The highest BCUT2D eigenvalue weighted by Crippen LogP contribution is 2.24. The Morgan fingerprint density at radius 3 is 2.76 bits per heavy atom. The molecule has 0 unspecified atom stereocenters. The number of halogens is 1. The Balaban J connectivity index is 1.48. The molecule has 0 saturated carbocycles. The van der Waals surface area contributed by atoms with Crippen molar-refractivity contribution >= 4 is 23.2 Å². The first-order chi connectivity index (χ1) is 14.0. The summed E-state index contributed by atoms with van der Waals surface area (Å²) in [6.07, 6.45) is 3.24. The van der Waals surface area contributed by atoms with E-state index in [9.17, 15) is 4.79 Å². The van der Waals surface area contributed by atoms with Gasteiger partial charge in [-0.1, -0.05) is 35.9 Å². The van der Waals surface area contributed by atoms with Gasteiger partial charge in [-0.25, -0.2) is 4.98 Å². The Kier molecular flexibility index (Phi) is 5.18. The van der Waals surface area contributed by atoms with Gasteiger partial charge in [0.2, 0.25) is 5.89 Å². The monoisotopic (exact) mass is 406 g/mol. The van der Waals surface area contributed by atoms with Crippen LogP contribution in [0.3, 0.4) is 0 Å². The van der Waals surface area contributed by atoms with Crippen molar-refractivity contribution in [3.8, 4) is 11.5 Å². The molecular weight excluding hydrogens is 388 g/mol. The summed E-state index contributed by atoms with van der Waals surface area (Å²) in [4.78, 5) is 17.0. The van der Waals surface area contributed by atoms with Gasteiger partial charge in [-0.2, -0.15) is 5.10 Å². The van der Waals surface area contributed by atoms with Gasteiger partial charge in [0.05, 0.1) is 24.0 Å². The fourth-order valence-corrected chi connectivity index (χ4v) is 3.09. The number of anilines is 1. The van der Waals surface area contributed by atoms with Gasteiger partial charge in [-0.3, -0.25) is 9.48 Å². The quantitative estimate of drug-likeness (QED) is 0.500. The van der Waals surface area contributed by atoms with E-state index in [4.69, 9.17) is 16.0 Å². The summed E-state index contributed by atoms with van der Waals surface area (Å²) in [7, 11) is 0. The van der Waals surface area contributed by atoms with Crippen LogP contribution in [0.2, 0.25) is 5.02 Å². The maximum atomic E-state index is 12.6. The molecule has 0 aliphatic carbocycles. The van der Waals surface area contributed by atoms with E-state index in [0.29, 0.717) is 28.7 Å². The number of carbonyl (C=O) groups excluding carboxylic acids is 1. The predicted molar refractivity (Wildman–Crippen MR) is 112 cm³/mol. The van der Waals surface area contributed by atoms with Crippen LogP contribution in [0, 0.1) is 13.8 Å². The highest BCUT2D eigenvalue weighted by molar-refractivity contribution is 6.31. The van der Waals surface area contributed by atoms with Crippen molar-refractivity contribution in [3.05, 3.63) is 88.5 Å². The van der Waals surface area contributed by atoms with Crippen molar-refractivity contribution in [1.29, 1.82) is 0 Å². The lowest BCUT2D eigenvalue weighted by Gasteiger charge is -2.05. The number of carbonyl (C=O) groups is 1. The van der Waals surface area contributed by atoms with Gasteiger partial charge in [0.25, 0.3) is 5.91 Å². The van der Waals surface area contributed by atoms with Crippen LogP contribution in [0.5, 0.6) is 0 Å². The smallest absolute Gasteiger partial charge is 0.258 e. The molecule has 6 nitrogen and oxygen atoms in total. The molecule has 146 valence electrons. The van der Waals surface area contributed by atoms with Gasteiger partial charge < -0.3 is 9.73 Å². The topological polar surface area (TPSA) is 73.0 Å². The van der Waals surface area contributed by atoms with E-state index >= 15 is 0 Å². The molecule has 0 spiro atoms. The van der Waals surface area contributed by atoms with E-state index in [-0.39, 0.29) is 5.91 Å². The van der Waals surface area contributed by atoms with Crippen LogP contribution in [0.15, 0.2) is 65.3 Å². The zero-order valence-electron chi connectivity index (χ0n) is 16.0. The summed E-state index contributed by atoms with van der Waals surface area (Å²) in [6.45, 7) is 4.26. The van der Waals surface area contributed by atoms with Crippen molar-refractivity contribution in [2.75, 3.05) is 5.32 Å². The number of oxazole rings is 1. The summed E-state index contributed by atoms with van der Waals surface area (Å²) in [5.74, 6) is 1.07. The van der Waals surface area contributed by atoms with Gasteiger partial charge in [0.15, 0.2) is 0 Å². The lowest BCUT2D eigenvalue weighted by Crippen LogP contribution is -2.11. The van der Waals surface area contributed by atoms with Crippen LogP contribution >= 0.6 is 11.6 Å². The van der Waals surface area contributed by atoms with E-state index in [0.717, 1.165) is 22.6 Å². The minimum absolute atomic E-state index is 0.243. The Morgan fingerprint density at radius 1 is 1.17 bits per heavy atom. The van der Waals surface area contributed by atoms with Crippen molar-refractivity contribution < 1.29 is 9.21 Å². The molecule has 0 bridgehead atoms. The van der Waals surface area contributed by atoms with Crippen LogP contribution in [-0.4, -0.2) is 20.7 Å². The number of hydrogen-bond acceptors (Lipinski definition) is 4. The molecule has 1 N–H and O–H groups in total. The Morgan fingerprint density at radius 2 is 2.00 bits per heavy atom. The van der Waals surface area contributed by atoms with Crippen molar-refractivity contribution in [2.24, 2.45) is 0 Å². The van der Waals surface area contributed by atoms with Crippen LogP contribution in [0.4, 0.5) is 5.69 Å². The Labute approximate surface area is 173 Å². The van der Waals surface area contributed by atoms with Crippen LogP contribution < -0.4 is 5.32 Å². The third-order valence-electron chi connectivity index (χ3n) is 4.58. The normalized spacial score (nSPS) is 10.9. The molecule has 4 rings (SSSR count). The summed E-state index contributed by atoms with van der Waals surface area (Å²) < 4.78 is 7.35. The number of amides is 1. The summed E-state index contributed by atoms with van der Waals surface area (Å²) in [5.41, 5.74) is 3.70. The molecule has 0 radical (unpaired) electrons. The fourth-order valence-electron chi connectivity index (χ4n) is 2.90. The van der Waals surface area contributed by atoms with Gasteiger partial charge in [-0.15, -0.1) is 0 Å². The third kappa shape index (κ3) is 4.22. The standard InChI is InChI=1S/C22H19ClN4O2/c1-14-15(2)29-22(25-14)16-7-5-8-19(10-16)26-21(28)18-11-24-27(13-18)12-17-6-3-4-9-20(17)23/h3-11,13H,12H2,1-2H3,(H,26,28). The molecule has 0 aliphatic heterocycles. The largest absolute Gasteiger partial charge is 0.441 e. The minimum Gasteiger partial charge on any atom is -0.441 e. The number of hydrogen-bond donors (Lipinski definition) is 1. The van der Waals surface area contributed by atoms with Gasteiger partial charge >= 0.3 is 0 Å². The lowest BCUT2D eigenvalue weighted by molar-refractivity contribution is 0.102. The first kappa shape index (κ1) is 19.0. The van der Waals surface area contributed by atoms with Crippen molar-refractivity contribution in [1.82, 2.24) is 14.8 Å². The molecule has 0 atom stereocenters. The van der Waals surface area contributed by atoms with E-state index < -0.39 is 0 Å². The average Bonchev–Trinajstić information content (AvgIpc) is 3.31. The average molecular weight is 407 g/mol. The molecule has 0 fully saturated rings. The molecule has 4 aromatic rings. The molecule has 2 aromatic carbocycles. The van der Waals surface area contributed by atoms with Crippen LogP contribution in [-0.2, 0) is 6.54 Å². The van der Waals surface area contributed by atoms with Crippen molar-refractivity contribution in [2.45, 2.75) is 20.4 Å². The van der Waals surface area contributed by atoms with Crippen LogP contribution in [0.1, 0.15) is 27.4 Å². The summed E-state index contributed by atoms with van der Waals surface area (Å²) in [6, 6.07) is 14.9. The van der Waals surface area contributed by atoms with E-state index in [2.05, 4.69) is 15.4 Å². The molecule has 1 amide bonds. The van der Waals surface area contributed by atoms with Crippen molar-refractivity contribution in [3.63, 3.8) is 0 Å². The zero-order valence-corrected chi connectivity index (χ0v) is 16.8. The van der Waals surface area contributed by atoms with E-state index in [1.54, 1.807) is 10.9 Å². The number of aromatic nitrogens is 3. The van der Waals surface area contributed by atoms with Gasteiger partial charge in [0, 0.05) is 22.5 Å². The maximum absolute atomic E-state index is 12.6. The zero-order chi connectivity index (χ0) is 20.4. The maximum Gasteiger partial charge on any atom is 0.258 e. The first-order valence-electron chi connectivity index (χ1n) is 9.11. The Bertz CT molecular complexity index is 1160. The molecular formula is C22H19ClN4O2. The summed E-state index contributed by atoms with van der Waals surface area (Å²) in [5, 5.41) is 7.82. The molecule has 0 saturated heterocycles. The SMILES string of the molecule is Cc1nc(-c2cccc(NC(=O)c3cnn(Cc4ccccc4Cl)c3)c2)oc1C. The molecule has 2 aromatic heterocycles. The van der Waals surface area contributed by atoms with Gasteiger partial charge in [-0.05, 0) is 43.7 Å². The molecule has 29 heavy (non-hydrogen) atoms. The van der Waals surface area contributed by atoms with Crippen LogP contribution in [0.25, 0.3) is 11.5 Å². The van der Waals surface area contributed by atoms with Gasteiger partial charge in [0.1, 0.15) is 5.76 Å². The molecule has 2 heterocycles. The number of nitrogens with zero attached hydrogens (tertiary/aromatic N) is 3. The summed E-state index contributed by atoms with van der Waals surface area (Å²) >= 11 is 6.19. The first-order valence-corrected chi connectivity index (χ1v) is 9.49. The second-order valence-electron chi connectivity index (χ2n) is 6.71. The predicted octanol–water partition coefficient (Wildman–Crippen LogP) is 5.11. The van der Waals surface area contributed by atoms with E-state index in [1.165, 1.54) is 6.20 Å². The number of rotatable bonds is 5. The second kappa shape index (κ2) is 7.93. The Hall–Kier alpha value is -3.38. The number of benzene rings is 2. The highest BCUT2D eigenvalue weighted by atomic mass is 35.5.